The Balaban J connectivity index is 1.37. The van der Waals surface area contributed by atoms with Gasteiger partial charge in [0.2, 0.25) is 5.91 Å². The number of allylic oxidation sites excluding steroid dienone is 1. The lowest BCUT2D eigenvalue weighted by molar-refractivity contribution is -0.137. The molecule has 2 aliphatic rings. The van der Waals surface area contributed by atoms with Crippen LogP contribution in [0.3, 0.4) is 0 Å². The summed E-state index contributed by atoms with van der Waals surface area (Å²) in [5.41, 5.74) is 0. The molecule has 0 aromatic carbocycles. The molecule has 0 aromatic heterocycles. The van der Waals surface area contributed by atoms with Crippen molar-refractivity contribution in [3.05, 3.63) is 24.3 Å². The maximum Gasteiger partial charge on any atom is 0.407 e. The first-order chi connectivity index (χ1) is 15.6. The Kier molecular flexibility index (Phi) is 12.1. The minimum Gasteiger partial charge on any atom is -0.442 e. The smallest absolute Gasteiger partial charge is 0.407 e. The highest BCUT2D eigenvalue weighted by molar-refractivity contribution is 6.13. The number of carbonyl (C=O) groups excluding carboxylic acids is 4. The molecule has 1 heterocycles. The molecular formula is C22H33N3O7. The van der Waals surface area contributed by atoms with Gasteiger partial charge in [0.15, 0.2) is 0 Å². The number of rotatable bonds is 13. The lowest BCUT2D eigenvalue weighted by atomic mass is 10.0. The summed E-state index contributed by atoms with van der Waals surface area (Å²) in [6, 6.07) is 0. The third kappa shape index (κ3) is 10.5. The Bertz CT molecular complexity index is 675. The van der Waals surface area contributed by atoms with Crippen LogP contribution in [0.1, 0.15) is 38.5 Å². The summed E-state index contributed by atoms with van der Waals surface area (Å²) in [5.74, 6) is -1.05. The van der Waals surface area contributed by atoms with E-state index in [1.54, 1.807) is 0 Å². The van der Waals surface area contributed by atoms with E-state index in [-0.39, 0.29) is 25.0 Å². The van der Waals surface area contributed by atoms with Crippen LogP contribution in [0.25, 0.3) is 0 Å². The average molecular weight is 452 g/mol. The van der Waals surface area contributed by atoms with Crippen molar-refractivity contribution in [2.75, 3.05) is 46.1 Å². The summed E-state index contributed by atoms with van der Waals surface area (Å²) in [6.45, 7) is 2.11. The summed E-state index contributed by atoms with van der Waals surface area (Å²) in [5, 5.41) is 5.33. The van der Waals surface area contributed by atoms with Crippen LogP contribution >= 0.6 is 0 Å². The van der Waals surface area contributed by atoms with E-state index in [4.69, 9.17) is 14.2 Å². The van der Waals surface area contributed by atoms with E-state index in [0.29, 0.717) is 39.5 Å². The van der Waals surface area contributed by atoms with Crippen LogP contribution in [0.2, 0.25) is 0 Å². The zero-order chi connectivity index (χ0) is 23.0. The van der Waals surface area contributed by atoms with Crippen LogP contribution in [0.4, 0.5) is 4.79 Å². The number of carbonyl (C=O) groups is 4. The molecule has 0 fully saturated rings. The largest absolute Gasteiger partial charge is 0.442 e. The standard InChI is InChI=1S/C22H33N3O7/c26-19(10-13-25-20(27)8-9-21(25)28)23-11-14-30-16-17-31-15-12-24-22(29)32-18-6-4-2-1-3-5-7-18/h4,6,8-9,18H,1-3,5,7,10-17H2,(H,23,26)(H,24,29)/b6-4-. The van der Waals surface area contributed by atoms with Crippen molar-refractivity contribution < 1.29 is 33.4 Å². The number of amides is 4. The SMILES string of the molecule is O=C(CCN1C(=O)C=CC1=O)NCCOCCOCCNC(=O)OC1/C=C\CCCCC1. The highest BCUT2D eigenvalue weighted by Crippen LogP contribution is 2.14. The number of nitrogens with one attached hydrogen (secondary N) is 2. The van der Waals surface area contributed by atoms with Gasteiger partial charge in [0.05, 0.1) is 26.4 Å². The number of imide groups is 1. The highest BCUT2D eigenvalue weighted by Gasteiger charge is 2.23. The van der Waals surface area contributed by atoms with Crippen molar-refractivity contribution >= 4 is 23.8 Å². The van der Waals surface area contributed by atoms with Crippen LogP contribution < -0.4 is 10.6 Å². The van der Waals surface area contributed by atoms with Gasteiger partial charge in [-0.2, -0.15) is 0 Å². The lowest BCUT2D eigenvalue weighted by Gasteiger charge is -2.16. The first-order valence-corrected chi connectivity index (χ1v) is 11.1. The van der Waals surface area contributed by atoms with Crippen molar-refractivity contribution in [2.45, 2.75) is 44.6 Å². The Morgan fingerprint density at radius 2 is 1.62 bits per heavy atom. The molecule has 0 aromatic rings. The van der Waals surface area contributed by atoms with Gasteiger partial charge in [0.25, 0.3) is 11.8 Å². The molecule has 1 atom stereocenters. The van der Waals surface area contributed by atoms with Crippen molar-refractivity contribution in [3.63, 3.8) is 0 Å². The van der Waals surface area contributed by atoms with Gasteiger partial charge in [0.1, 0.15) is 6.10 Å². The number of alkyl carbamates (subject to hydrolysis) is 1. The lowest BCUT2D eigenvalue weighted by Crippen LogP contribution is -2.35. The van der Waals surface area contributed by atoms with Gasteiger partial charge >= 0.3 is 6.09 Å². The second-order valence-electron chi connectivity index (χ2n) is 7.42. The normalized spacial score (nSPS) is 19.4. The molecule has 1 unspecified atom stereocenters. The summed E-state index contributed by atoms with van der Waals surface area (Å²) < 4.78 is 16.1. The molecule has 10 nitrogen and oxygen atoms in total. The van der Waals surface area contributed by atoms with Crippen LogP contribution in [-0.4, -0.2) is 80.9 Å². The molecule has 0 bridgehead atoms. The molecule has 0 saturated heterocycles. The first-order valence-electron chi connectivity index (χ1n) is 11.1. The Morgan fingerprint density at radius 1 is 0.938 bits per heavy atom. The van der Waals surface area contributed by atoms with Gasteiger partial charge < -0.3 is 24.8 Å². The molecule has 0 saturated carbocycles. The van der Waals surface area contributed by atoms with Crippen molar-refractivity contribution in [1.29, 1.82) is 0 Å². The van der Waals surface area contributed by atoms with Crippen LogP contribution in [0.5, 0.6) is 0 Å². The molecule has 1 aliphatic carbocycles. The number of ether oxygens (including phenoxy) is 3. The van der Waals surface area contributed by atoms with Gasteiger partial charge in [0, 0.05) is 38.2 Å². The third-order valence-electron chi connectivity index (χ3n) is 4.89. The monoisotopic (exact) mass is 451 g/mol. The number of hydrogen-bond donors (Lipinski definition) is 2. The minimum absolute atomic E-state index is 0.0503. The zero-order valence-corrected chi connectivity index (χ0v) is 18.4. The maximum atomic E-state index is 11.8. The highest BCUT2D eigenvalue weighted by atomic mass is 16.6. The average Bonchev–Trinajstić information content (AvgIpc) is 3.07. The molecule has 178 valence electrons. The molecule has 1 aliphatic heterocycles. The van der Waals surface area contributed by atoms with Crippen molar-refractivity contribution in [2.24, 2.45) is 0 Å². The second-order valence-corrected chi connectivity index (χ2v) is 7.42. The van der Waals surface area contributed by atoms with Crippen LogP contribution in [0.15, 0.2) is 24.3 Å². The molecule has 2 N–H and O–H groups in total. The van der Waals surface area contributed by atoms with E-state index in [9.17, 15) is 19.2 Å². The van der Waals surface area contributed by atoms with Gasteiger partial charge in [-0.25, -0.2) is 4.79 Å². The molecule has 4 amide bonds. The Labute approximate surface area is 188 Å². The Hall–Kier alpha value is -2.72. The fourth-order valence-electron chi connectivity index (χ4n) is 3.17. The summed E-state index contributed by atoms with van der Waals surface area (Å²) in [7, 11) is 0. The van der Waals surface area contributed by atoms with E-state index >= 15 is 0 Å². The minimum atomic E-state index is -0.439. The zero-order valence-electron chi connectivity index (χ0n) is 18.4. The first kappa shape index (κ1) is 25.5. The fourth-order valence-corrected chi connectivity index (χ4v) is 3.17. The van der Waals surface area contributed by atoms with Gasteiger partial charge in [-0.05, 0) is 31.8 Å². The van der Waals surface area contributed by atoms with Crippen LogP contribution in [0, 0.1) is 0 Å². The predicted octanol–water partition coefficient (Wildman–Crippen LogP) is 1.07. The molecular weight excluding hydrogens is 418 g/mol. The molecule has 32 heavy (non-hydrogen) atoms. The maximum absolute atomic E-state index is 11.8. The van der Waals surface area contributed by atoms with E-state index in [2.05, 4.69) is 16.7 Å². The topological polar surface area (TPSA) is 123 Å². The van der Waals surface area contributed by atoms with E-state index in [0.717, 1.165) is 30.6 Å². The summed E-state index contributed by atoms with van der Waals surface area (Å²) in [4.78, 5) is 47.3. The fraction of sp³-hybridized carbons (Fsp3) is 0.636. The molecule has 0 spiro atoms. The van der Waals surface area contributed by atoms with Gasteiger partial charge in [-0.3, -0.25) is 19.3 Å². The third-order valence-corrected chi connectivity index (χ3v) is 4.89. The predicted molar refractivity (Wildman–Crippen MR) is 116 cm³/mol. The summed E-state index contributed by atoms with van der Waals surface area (Å²) >= 11 is 0. The molecule has 10 heteroatoms. The van der Waals surface area contributed by atoms with E-state index < -0.39 is 17.9 Å². The van der Waals surface area contributed by atoms with Crippen molar-refractivity contribution in [1.82, 2.24) is 15.5 Å². The number of nitrogens with zero attached hydrogens (tertiary/aromatic N) is 1. The molecule has 0 radical (unpaired) electrons. The number of hydrogen-bond acceptors (Lipinski definition) is 7. The van der Waals surface area contributed by atoms with E-state index in [1.807, 2.05) is 6.08 Å². The quantitative estimate of drug-likeness (QED) is 0.244. The molecule has 2 rings (SSSR count). The van der Waals surface area contributed by atoms with E-state index in [1.165, 1.54) is 18.6 Å². The Morgan fingerprint density at radius 3 is 2.34 bits per heavy atom. The summed E-state index contributed by atoms with van der Waals surface area (Å²) in [6.07, 6.45) is 11.2. The van der Waals surface area contributed by atoms with Crippen LogP contribution in [-0.2, 0) is 28.6 Å². The van der Waals surface area contributed by atoms with Gasteiger partial charge in [-0.15, -0.1) is 0 Å². The van der Waals surface area contributed by atoms with Gasteiger partial charge in [-0.1, -0.05) is 12.5 Å². The second kappa shape index (κ2) is 15.1. The van der Waals surface area contributed by atoms with Crippen molar-refractivity contribution in [3.8, 4) is 0 Å².